The summed E-state index contributed by atoms with van der Waals surface area (Å²) in [6.07, 6.45) is 1.02. The Morgan fingerprint density at radius 3 is 2.39 bits per heavy atom. The fourth-order valence-electron chi connectivity index (χ4n) is 1.95. The molecule has 1 saturated heterocycles. The minimum absolute atomic E-state index is 0.0252. The molecule has 0 saturated carbocycles. The first-order valence-electron chi connectivity index (χ1n) is 6.37. The number of Topliss-reactive ketones (excluding diaryl/α,β-unsaturated/α-hetero) is 1. The van der Waals surface area contributed by atoms with Crippen molar-refractivity contribution in [2.24, 2.45) is 0 Å². The molecule has 2 heterocycles. The number of hydrogen-bond donors (Lipinski definition) is 1. The van der Waals surface area contributed by atoms with Crippen molar-refractivity contribution in [3.8, 4) is 0 Å². The molecule has 0 aromatic rings. The van der Waals surface area contributed by atoms with E-state index < -0.39 is 26.6 Å². The Bertz CT molecular complexity index is 383. The van der Waals surface area contributed by atoms with Crippen LogP contribution in [0.1, 0.15) is 20.8 Å². The lowest BCUT2D eigenvalue weighted by Gasteiger charge is -2.42. The first-order valence-corrected chi connectivity index (χ1v) is 9.28. The normalized spacial score (nSPS) is 36.2. The van der Waals surface area contributed by atoms with Gasteiger partial charge in [-0.1, -0.05) is 32.9 Å². The van der Waals surface area contributed by atoms with Crippen molar-refractivity contribution in [2.75, 3.05) is 0 Å². The summed E-state index contributed by atoms with van der Waals surface area (Å²) in [6.45, 7) is 10.6. The minimum Gasteiger partial charge on any atom is -0.404 e. The van der Waals surface area contributed by atoms with Gasteiger partial charge >= 0.3 is 0 Å². The molecule has 0 radical (unpaired) electrons. The number of hydrogen-bond acceptors (Lipinski definition) is 4. The predicted molar refractivity (Wildman–Crippen MR) is 70.9 cm³/mol. The summed E-state index contributed by atoms with van der Waals surface area (Å²) in [5, 5.41) is 9.87. The molecule has 2 aliphatic heterocycles. The molecule has 4 atom stereocenters. The van der Waals surface area contributed by atoms with Crippen molar-refractivity contribution < 1.29 is 19.1 Å². The van der Waals surface area contributed by atoms with Gasteiger partial charge in [-0.15, -0.1) is 0 Å². The molecule has 4 nitrogen and oxygen atoms in total. The Labute approximate surface area is 109 Å². The molecule has 0 spiro atoms. The largest absolute Gasteiger partial charge is 0.404 e. The van der Waals surface area contributed by atoms with Gasteiger partial charge in [-0.05, 0) is 18.1 Å². The Morgan fingerprint density at radius 1 is 1.28 bits per heavy atom. The summed E-state index contributed by atoms with van der Waals surface area (Å²) in [4.78, 5) is 12.1. The highest BCUT2D eigenvalue weighted by molar-refractivity contribution is 6.74. The molecule has 1 N–H and O–H groups in total. The SMILES string of the molecule is CC(C)(C)[Si](C)(C)O[C@H]1C(=O)[C@@H](O)[C@H]2C=C[C@H]1O2. The van der Waals surface area contributed by atoms with Gasteiger partial charge in [0, 0.05) is 0 Å². The van der Waals surface area contributed by atoms with Crippen molar-refractivity contribution >= 4 is 14.1 Å². The van der Waals surface area contributed by atoms with Crippen LogP contribution in [0.3, 0.4) is 0 Å². The second-order valence-electron chi connectivity index (χ2n) is 6.60. The Balaban J connectivity index is 2.18. The lowest BCUT2D eigenvalue weighted by molar-refractivity contribution is -0.162. The summed E-state index contributed by atoms with van der Waals surface area (Å²) in [7, 11) is -2.05. The fraction of sp³-hybridized carbons (Fsp3) is 0.769. The van der Waals surface area contributed by atoms with Gasteiger partial charge in [-0.3, -0.25) is 4.79 Å². The third kappa shape index (κ3) is 2.20. The zero-order valence-electron chi connectivity index (χ0n) is 11.6. The Kier molecular flexibility index (Phi) is 3.30. The minimum atomic E-state index is -2.05. The van der Waals surface area contributed by atoms with Crippen LogP contribution in [-0.4, -0.2) is 43.6 Å². The van der Waals surface area contributed by atoms with Gasteiger partial charge in [-0.2, -0.15) is 0 Å². The highest BCUT2D eigenvalue weighted by Gasteiger charge is 2.50. The summed E-state index contributed by atoms with van der Waals surface area (Å²) >= 11 is 0. The Hall–Kier alpha value is -0.493. The van der Waals surface area contributed by atoms with Gasteiger partial charge in [-0.25, -0.2) is 0 Å². The molecule has 0 aliphatic carbocycles. The first kappa shape index (κ1) is 13.9. The topological polar surface area (TPSA) is 55.8 Å². The molecule has 0 aromatic heterocycles. The van der Waals surface area contributed by atoms with E-state index in [9.17, 15) is 9.90 Å². The van der Waals surface area contributed by atoms with E-state index in [0.29, 0.717) is 0 Å². The van der Waals surface area contributed by atoms with Crippen molar-refractivity contribution in [3.05, 3.63) is 12.2 Å². The number of aliphatic hydroxyl groups excluding tert-OH is 1. The zero-order valence-corrected chi connectivity index (χ0v) is 12.6. The van der Waals surface area contributed by atoms with Crippen molar-refractivity contribution in [2.45, 2.75) is 63.3 Å². The van der Waals surface area contributed by atoms with Gasteiger partial charge in [0.15, 0.2) is 14.1 Å². The summed E-state index contributed by atoms with van der Waals surface area (Å²) in [6, 6.07) is 0. The first-order chi connectivity index (χ1) is 8.13. The third-order valence-electron chi connectivity index (χ3n) is 4.21. The van der Waals surface area contributed by atoms with Crippen molar-refractivity contribution in [1.29, 1.82) is 0 Å². The molecule has 18 heavy (non-hydrogen) atoms. The molecular weight excluding hydrogens is 248 g/mol. The van der Waals surface area contributed by atoms with Crippen LogP contribution >= 0.6 is 0 Å². The fourth-order valence-corrected chi connectivity index (χ4v) is 3.19. The van der Waals surface area contributed by atoms with Crippen LogP contribution in [0.15, 0.2) is 12.2 Å². The molecule has 2 aliphatic rings. The Morgan fingerprint density at radius 2 is 1.83 bits per heavy atom. The highest BCUT2D eigenvalue weighted by atomic mass is 28.4. The molecule has 0 unspecified atom stereocenters. The van der Waals surface area contributed by atoms with Crippen LogP contribution in [0.25, 0.3) is 0 Å². The summed E-state index contributed by atoms with van der Waals surface area (Å²) in [5.41, 5.74) is 0. The van der Waals surface area contributed by atoms with Crippen molar-refractivity contribution in [3.63, 3.8) is 0 Å². The van der Waals surface area contributed by atoms with Crippen LogP contribution in [0.4, 0.5) is 0 Å². The number of rotatable bonds is 2. The average molecular weight is 270 g/mol. The van der Waals surface area contributed by atoms with E-state index in [1.165, 1.54) is 0 Å². The van der Waals surface area contributed by atoms with E-state index in [4.69, 9.17) is 9.16 Å². The maximum Gasteiger partial charge on any atom is 0.194 e. The molecule has 1 fully saturated rings. The van der Waals surface area contributed by atoms with E-state index in [1.807, 2.05) is 6.08 Å². The highest BCUT2D eigenvalue weighted by Crippen LogP contribution is 2.39. The quantitative estimate of drug-likeness (QED) is 0.612. The van der Waals surface area contributed by atoms with E-state index in [0.717, 1.165) is 0 Å². The molecule has 0 amide bonds. The van der Waals surface area contributed by atoms with E-state index >= 15 is 0 Å². The maximum atomic E-state index is 12.1. The van der Waals surface area contributed by atoms with Crippen molar-refractivity contribution in [1.82, 2.24) is 0 Å². The monoisotopic (exact) mass is 270 g/mol. The van der Waals surface area contributed by atoms with Crippen LogP contribution in [0.2, 0.25) is 18.1 Å². The van der Waals surface area contributed by atoms with Gasteiger partial charge in [0.1, 0.15) is 24.4 Å². The van der Waals surface area contributed by atoms with Gasteiger partial charge < -0.3 is 14.3 Å². The summed E-state index contributed by atoms with van der Waals surface area (Å²) < 4.78 is 11.7. The molecule has 5 heteroatoms. The van der Waals surface area contributed by atoms with E-state index in [-0.39, 0.29) is 16.9 Å². The molecule has 0 aromatic carbocycles. The van der Waals surface area contributed by atoms with Crippen LogP contribution in [0, 0.1) is 0 Å². The molecule has 102 valence electrons. The molecule has 2 rings (SSSR count). The summed E-state index contributed by atoms with van der Waals surface area (Å²) in [5.74, 6) is -0.244. The number of aliphatic hydroxyl groups is 1. The van der Waals surface area contributed by atoms with Crippen LogP contribution in [0.5, 0.6) is 0 Å². The number of ether oxygens (including phenoxy) is 1. The second kappa shape index (κ2) is 4.26. The number of fused-ring (bicyclic) bond motifs is 2. The lowest BCUT2D eigenvalue weighted by Crippen LogP contribution is -2.56. The zero-order chi connectivity index (χ0) is 13.7. The second-order valence-corrected chi connectivity index (χ2v) is 11.4. The number of carbonyl (C=O) groups is 1. The maximum absolute atomic E-state index is 12.1. The van der Waals surface area contributed by atoms with E-state index in [1.54, 1.807) is 6.08 Å². The number of carbonyl (C=O) groups excluding carboxylic acids is 1. The van der Waals surface area contributed by atoms with Gasteiger partial charge in [0.05, 0.1) is 0 Å². The lowest BCUT2D eigenvalue weighted by atomic mass is 10.0. The number of ketones is 1. The third-order valence-corrected chi connectivity index (χ3v) is 8.67. The predicted octanol–water partition coefficient (Wildman–Crippen LogP) is 1.64. The average Bonchev–Trinajstić information content (AvgIpc) is 2.66. The van der Waals surface area contributed by atoms with Gasteiger partial charge in [0.2, 0.25) is 0 Å². The smallest absolute Gasteiger partial charge is 0.194 e. The standard InChI is InChI=1S/C13H22O4Si/c1-13(2,3)18(4,5)17-12-9-7-6-8(16-9)10(14)11(12)15/h6-10,12,14H,1-5H3/t8-,9-,10+,12-/m1/s1. The van der Waals surface area contributed by atoms with Crippen LogP contribution in [-0.2, 0) is 14.0 Å². The molecule has 2 bridgehead atoms. The van der Waals surface area contributed by atoms with E-state index in [2.05, 4.69) is 33.9 Å². The van der Waals surface area contributed by atoms with Gasteiger partial charge in [0.25, 0.3) is 0 Å². The van der Waals surface area contributed by atoms with Crippen LogP contribution < -0.4 is 0 Å². The molecular formula is C13H22O4Si.